The Morgan fingerprint density at radius 2 is 1.44 bits per heavy atom. The number of benzene rings is 2. The molecule has 2 aromatic rings. The van der Waals surface area contributed by atoms with E-state index in [1.54, 1.807) is 0 Å². The largest absolute Gasteiger partial charge is 0.316 e. The molecule has 0 aliphatic rings. The Labute approximate surface area is 114 Å². The van der Waals surface area contributed by atoms with Gasteiger partial charge >= 0.3 is 0 Å². The van der Waals surface area contributed by atoms with Gasteiger partial charge in [0.25, 0.3) is 0 Å². The Bertz CT molecular complexity index is 384. The van der Waals surface area contributed by atoms with Crippen molar-refractivity contribution >= 4 is 11.8 Å². The van der Waals surface area contributed by atoms with Crippen LogP contribution in [0.2, 0.25) is 0 Å². The van der Waals surface area contributed by atoms with Crippen LogP contribution in [-0.4, -0.2) is 18.8 Å². The normalized spacial score (nSPS) is 10.4. The summed E-state index contributed by atoms with van der Waals surface area (Å²) in [6, 6.07) is 21.2. The van der Waals surface area contributed by atoms with E-state index in [9.17, 15) is 0 Å². The first-order chi connectivity index (χ1) is 8.95. The first-order valence-corrected chi connectivity index (χ1v) is 7.36. The molecule has 1 N–H and O–H groups in total. The molecule has 0 amide bonds. The van der Waals surface area contributed by atoms with E-state index in [4.69, 9.17) is 0 Å². The lowest BCUT2D eigenvalue weighted by atomic mass is 10.1. The van der Waals surface area contributed by atoms with Gasteiger partial charge in [-0.05, 0) is 30.7 Å². The van der Waals surface area contributed by atoms with Crippen LogP contribution in [0.3, 0.4) is 0 Å². The fourth-order valence-corrected chi connectivity index (χ4v) is 2.59. The molecule has 0 atom stereocenters. The highest BCUT2D eigenvalue weighted by molar-refractivity contribution is 7.99. The molecule has 2 rings (SSSR count). The van der Waals surface area contributed by atoms with Gasteiger partial charge in [-0.15, -0.1) is 11.8 Å². The summed E-state index contributed by atoms with van der Waals surface area (Å²) in [4.78, 5) is 1.35. The van der Waals surface area contributed by atoms with E-state index in [2.05, 4.69) is 66.0 Å². The molecule has 0 radical (unpaired) electrons. The minimum atomic E-state index is 1.05. The van der Waals surface area contributed by atoms with Crippen molar-refractivity contribution in [2.45, 2.75) is 11.3 Å². The van der Waals surface area contributed by atoms with Crippen LogP contribution in [0.15, 0.2) is 65.6 Å². The monoisotopic (exact) mass is 257 g/mol. The van der Waals surface area contributed by atoms with Gasteiger partial charge in [0.1, 0.15) is 0 Å². The van der Waals surface area contributed by atoms with Gasteiger partial charge in [0.2, 0.25) is 0 Å². The van der Waals surface area contributed by atoms with E-state index >= 15 is 0 Å². The molecule has 2 aromatic carbocycles. The van der Waals surface area contributed by atoms with Crippen molar-refractivity contribution in [1.82, 2.24) is 5.32 Å². The first kappa shape index (κ1) is 13.2. The zero-order valence-corrected chi connectivity index (χ0v) is 11.3. The summed E-state index contributed by atoms with van der Waals surface area (Å²) in [5.74, 6) is 1.12. The lowest BCUT2D eigenvalue weighted by Crippen LogP contribution is -2.20. The molecule has 94 valence electrons. The van der Waals surface area contributed by atoms with E-state index in [0.29, 0.717) is 0 Å². The van der Waals surface area contributed by atoms with Crippen LogP contribution in [0, 0.1) is 0 Å². The molecular weight excluding hydrogens is 238 g/mol. The summed E-state index contributed by atoms with van der Waals surface area (Å²) in [5, 5.41) is 3.48. The minimum absolute atomic E-state index is 1.05. The van der Waals surface area contributed by atoms with Crippen molar-refractivity contribution in [2.24, 2.45) is 0 Å². The molecule has 1 nitrogen and oxygen atoms in total. The Morgan fingerprint density at radius 3 is 2.17 bits per heavy atom. The highest BCUT2D eigenvalue weighted by atomic mass is 32.2. The number of rotatable bonds is 7. The Morgan fingerprint density at radius 1 is 0.778 bits per heavy atom. The van der Waals surface area contributed by atoms with Crippen LogP contribution < -0.4 is 5.32 Å². The summed E-state index contributed by atoms with van der Waals surface area (Å²) in [7, 11) is 0. The van der Waals surface area contributed by atoms with E-state index < -0.39 is 0 Å². The third kappa shape index (κ3) is 4.94. The van der Waals surface area contributed by atoms with Crippen molar-refractivity contribution in [1.29, 1.82) is 0 Å². The molecule has 0 saturated heterocycles. The molecule has 0 bridgehead atoms. The summed E-state index contributed by atoms with van der Waals surface area (Å²) in [5.41, 5.74) is 1.40. The maximum atomic E-state index is 3.48. The topological polar surface area (TPSA) is 12.0 Å². The minimum Gasteiger partial charge on any atom is -0.316 e. The second-order valence-corrected chi connectivity index (χ2v) is 5.32. The zero-order chi connectivity index (χ0) is 12.5. The average molecular weight is 257 g/mol. The predicted molar refractivity (Wildman–Crippen MR) is 80.2 cm³/mol. The Kier molecular flexibility index (Phi) is 5.83. The standard InChI is InChI=1S/C16H19NS/c1-3-7-15(8-4-1)11-12-17-13-14-18-16-9-5-2-6-10-16/h1-10,17H,11-14H2. The van der Waals surface area contributed by atoms with Gasteiger partial charge in [0.05, 0.1) is 0 Å². The predicted octanol–water partition coefficient (Wildman–Crippen LogP) is 3.61. The molecule has 18 heavy (non-hydrogen) atoms. The van der Waals surface area contributed by atoms with Crippen molar-refractivity contribution < 1.29 is 0 Å². The number of hydrogen-bond acceptors (Lipinski definition) is 2. The van der Waals surface area contributed by atoms with E-state index in [0.717, 1.165) is 25.3 Å². The fourth-order valence-electron chi connectivity index (χ4n) is 1.76. The lowest BCUT2D eigenvalue weighted by Gasteiger charge is -2.05. The van der Waals surface area contributed by atoms with Crippen LogP contribution in [0.5, 0.6) is 0 Å². The number of nitrogens with one attached hydrogen (secondary N) is 1. The number of hydrogen-bond donors (Lipinski definition) is 1. The van der Waals surface area contributed by atoms with E-state index in [1.807, 2.05) is 11.8 Å². The molecule has 0 aliphatic carbocycles. The van der Waals surface area contributed by atoms with E-state index in [1.165, 1.54) is 10.5 Å². The Balaban J connectivity index is 1.54. The summed E-state index contributed by atoms with van der Waals surface area (Å²) in [6.45, 7) is 2.12. The lowest BCUT2D eigenvalue weighted by molar-refractivity contribution is 0.721. The summed E-state index contributed by atoms with van der Waals surface area (Å²) in [6.07, 6.45) is 1.11. The van der Waals surface area contributed by atoms with E-state index in [-0.39, 0.29) is 0 Å². The molecule has 2 heteroatoms. The van der Waals surface area contributed by atoms with Crippen molar-refractivity contribution in [2.75, 3.05) is 18.8 Å². The quantitative estimate of drug-likeness (QED) is 0.600. The van der Waals surface area contributed by atoms with Gasteiger partial charge in [0, 0.05) is 17.2 Å². The van der Waals surface area contributed by atoms with Gasteiger partial charge in [-0.1, -0.05) is 48.5 Å². The average Bonchev–Trinajstić information content (AvgIpc) is 2.45. The first-order valence-electron chi connectivity index (χ1n) is 6.37. The van der Waals surface area contributed by atoms with Crippen LogP contribution in [0.4, 0.5) is 0 Å². The van der Waals surface area contributed by atoms with Gasteiger partial charge in [-0.25, -0.2) is 0 Å². The van der Waals surface area contributed by atoms with Gasteiger partial charge in [0.15, 0.2) is 0 Å². The molecule has 0 spiro atoms. The zero-order valence-electron chi connectivity index (χ0n) is 10.5. The third-order valence-corrected chi connectivity index (χ3v) is 3.74. The molecule has 0 aliphatic heterocycles. The second kappa shape index (κ2) is 7.96. The molecule has 0 heterocycles. The highest BCUT2D eigenvalue weighted by Crippen LogP contribution is 2.15. The maximum absolute atomic E-state index is 3.48. The molecule has 0 unspecified atom stereocenters. The van der Waals surface area contributed by atoms with Crippen molar-refractivity contribution in [3.8, 4) is 0 Å². The highest BCUT2D eigenvalue weighted by Gasteiger charge is 1.93. The van der Waals surface area contributed by atoms with Crippen LogP contribution >= 0.6 is 11.8 Å². The maximum Gasteiger partial charge on any atom is 0.0106 e. The van der Waals surface area contributed by atoms with Crippen LogP contribution in [0.25, 0.3) is 0 Å². The fraction of sp³-hybridized carbons (Fsp3) is 0.250. The summed E-state index contributed by atoms with van der Waals surface area (Å²) < 4.78 is 0. The molecular formula is C16H19NS. The molecule has 0 saturated carbocycles. The van der Waals surface area contributed by atoms with Gasteiger partial charge < -0.3 is 5.32 Å². The SMILES string of the molecule is c1ccc(CCNCCSc2ccccc2)cc1. The van der Waals surface area contributed by atoms with Gasteiger partial charge in [-0.2, -0.15) is 0 Å². The molecule has 0 aromatic heterocycles. The van der Waals surface area contributed by atoms with Gasteiger partial charge in [-0.3, -0.25) is 0 Å². The molecule has 0 fully saturated rings. The van der Waals surface area contributed by atoms with Crippen LogP contribution in [-0.2, 0) is 6.42 Å². The van der Waals surface area contributed by atoms with Crippen molar-refractivity contribution in [3.63, 3.8) is 0 Å². The van der Waals surface area contributed by atoms with Crippen LogP contribution in [0.1, 0.15) is 5.56 Å². The van der Waals surface area contributed by atoms with Crippen molar-refractivity contribution in [3.05, 3.63) is 66.2 Å². The third-order valence-electron chi connectivity index (χ3n) is 2.72. The second-order valence-electron chi connectivity index (χ2n) is 4.15. The smallest absolute Gasteiger partial charge is 0.0106 e. The summed E-state index contributed by atoms with van der Waals surface area (Å²) >= 11 is 1.90. The Hall–Kier alpha value is -1.25. The number of thioether (sulfide) groups is 1.